The van der Waals surface area contributed by atoms with Gasteiger partial charge in [-0.3, -0.25) is 9.59 Å². The fourth-order valence-electron chi connectivity index (χ4n) is 0.583. The molecular weight excluding hydrogens is 210 g/mol. The Balaban J connectivity index is 0. The first-order valence-corrected chi connectivity index (χ1v) is 4.22. The highest BCUT2D eigenvalue weighted by Gasteiger charge is 2.19. The molecule has 0 heterocycles. The third-order valence-electron chi connectivity index (χ3n) is 1.35. The van der Waals surface area contributed by atoms with Crippen LogP contribution in [-0.4, -0.2) is 28.2 Å². The molecule has 0 amide bonds. The lowest BCUT2D eigenvalue weighted by Crippen LogP contribution is -2.33. The third kappa shape index (κ3) is 9.02. The fraction of sp³-hybridized carbons (Fsp3) is 0.500. The van der Waals surface area contributed by atoms with Gasteiger partial charge in [-0.05, 0) is 12.0 Å². The highest BCUT2D eigenvalue weighted by molar-refractivity contribution is 6.25. The minimum atomic E-state index is -1.17. The van der Waals surface area contributed by atoms with Gasteiger partial charge in [0.15, 0.2) is 0 Å². The van der Waals surface area contributed by atoms with Gasteiger partial charge in [-0.25, -0.2) is 0 Å². The summed E-state index contributed by atoms with van der Waals surface area (Å²) in [4.78, 5) is 20.3. The van der Waals surface area contributed by atoms with Crippen molar-refractivity contribution in [2.24, 2.45) is 11.7 Å². The first kappa shape index (κ1) is 15.4. The van der Waals surface area contributed by atoms with Gasteiger partial charge in [-0.1, -0.05) is 25.1 Å². The Morgan fingerprint density at radius 2 is 1.86 bits per heavy atom. The molecule has 0 fully saturated rings. The van der Waals surface area contributed by atoms with E-state index < -0.39 is 23.9 Å². The van der Waals surface area contributed by atoms with E-state index in [0.717, 1.165) is 0 Å². The zero-order valence-electron chi connectivity index (χ0n) is 7.81. The van der Waals surface area contributed by atoms with Crippen molar-refractivity contribution >= 4 is 23.5 Å². The number of nitrogens with two attached hydrogens (primary N) is 1. The van der Waals surface area contributed by atoms with Crippen molar-refractivity contribution in [3.8, 4) is 0 Å². The van der Waals surface area contributed by atoms with Crippen LogP contribution in [-0.2, 0) is 9.59 Å². The zero-order chi connectivity index (χ0) is 11.7. The Morgan fingerprint density at radius 3 is 2.07 bits per heavy atom. The normalized spacial score (nSPS) is 13.1. The van der Waals surface area contributed by atoms with E-state index in [9.17, 15) is 9.59 Å². The molecule has 0 spiro atoms. The lowest BCUT2D eigenvalue weighted by molar-refractivity contribution is -0.143. The molecule has 0 saturated carbocycles. The molecule has 82 valence electrons. The van der Waals surface area contributed by atoms with Crippen LogP contribution in [0.4, 0.5) is 0 Å². The molecule has 0 aliphatic heterocycles. The second-order valence-electron chi connectivity index (χ2n) is 2.57. The molecule has 5 nitrogen and oxygen atoms in total. The largest absolute Gasteiger partial charge is 0.481 e. The van der Waals surface area contributed by atoms with Crippen LogP contribution in [0.2, 0.25) is 0 Å². The zero-order valence-corrected chi connectivity index (χ0v) is 8.57. The Kier molecular flexibility index (Phi) is 9.38. The van der Waals surface area contributed by atoms with Crippen molar-refractivity contribution in [3.63, 3.8) is 0 Å². The van der Waals surface area contributed by atoms with Gasteiger partial charge in [0, 0.05) is 0 Å². The molecular formula is C8H14ClNO4. The molecule has 0 aliphatic carbocycles. The first-order valence-electron chi connectivity index (χ1n) is 3.79. The van der Waals surface area contributed by atoms with Crippen molar-refractivity contribution in [2.75, 3.05) is 0 Å². The number of halogens is 1. The summed E-state index contributed by atoms with van der Waals surface area (Å²) in [7, 11) is 0. The maximum absolute atomic E-state index is 10.2. The van der Waals surface area contributed by atoms with E-state index in [1.165, 1.54) is 12.5 Å². The van der Waals surface area contributed by atoms with Crippen molar-refractivity contribution < 1.29 is 19.8 Å². The molecule has 0 aromatic heterocycles. The van der Waals surface area contributed by atoms with Gasteiger partial charge in [-0.2, -0.15) is 0 Å². The second kappa shape index (κ2) is 8.52. The van der Waals surface area contributed by atoms with Gasteiger partial charge in [0.2, 0.25) is 0 Å². The summed E-state index contributed by atoms with van der Waals surface area (Å²) in [6.45, 7) is 4.55. The fourth-order valence-corrected chi connectivity index (χ4v) is 0.583. The van der Waals surface area contributed by atoms with Crippen LogP contribution < -0.4 is 5.73 Å². The van der Waals surface area contributed by atoms with Gasteiger partial charge in [-0.15, -0.1) is 0 Å². The molecule has 0 rings (SSSR count). The standard InChI is InChI=1S/C6H11NO4.C2H3Cl/c1-3(5(8)9)2-4(7)6(10)11;1-2-3/h3-4H,2,7H2,1H3,(H,8,9)(H,10,11);2H,1H2/t3?,4-;/m0./s1. The van der Waals surface area contributed by atoms with E-state index in [1.54, 1.807) is 0 Å². The van der Waals surface area contributed by atoms with Crippen LogP contribution in [0, 0.1) is 5.92 Å². The number of carboxylic acids is 2. The molecule has 1 unspecified atom stereocenters. The highest BCUT2D eigenvalue weighted by Crippen LogP contribution is 2.04. The first-order chi connectivity index (χ1) is 6.36. The second-order valence-corrected chi connectivity index (χ2v) is 2.88. The number of hydrogen-bond acceptors (Lipinski definition) is 3. The van der Waals surface area contributed by atoms with E-state index in [1.807, 2.05) is 0 Å². The highest BCUT2D eigenvalue weighted by atomic mass is 35.5. The van der Waals surface area contributed by atoms with Gasteiger partial charge in [0.05, 0.1) is 5.92 Å². The van der Waals surface area contributed by atoms with Crippen molar-refractivity contribution in [1.82, 2.24) is 0 Å². The summed E-state index contributed by atoms with van der Waals surface area (Å²) in [6.07, 6.45) is -0.0370. The van der Waals surface area contributed by atoms with Crippen LogP contribution in [0.3, 0.4) is 0 Å². The topological polar surface area (TPSA) is 101 Å². The number of carboxylic acid groups (broad SMARTS) is 2. The molecule has 4 N–H and O–H groups in total. The Bertz CT molecular complexity index is 190. The molecule has 0 aliphatic rings. The molecule has 0 saturated heterocycles. The molecule has 14 heavy (non-hydrogen) atoms. The van der Waals surface area contributed by atoms with E-state index in [-0.39, 0.29) is 6.42 Å². The summed E-state index contributed by atoms with van der Waals surface area (Å²) in [6, 6.07) is -1.08. The van der Waals surface area contributed by atoms with Gasteiger partial charge < -0.3 is 15.9 Å². The van der Waals surface area contributed by atoms with E-state index in [4.69, 9.17) is 27.5 Å². The minimum absolute atomic E-state index is 0.0370. The van der Waals surface area contributed by atoms with Crippen molar-refractivity contribution in [3.05, 3.63) is 12.1 Å². The summed E-state index contributed by atoms with van der Waals surface area (Å²) in [5.74, 6) is -2.90. The van der Waals surface area contributed by atoms with Crippen molar-refractivity contribution in [1.29, 1.82) is 0 Å². The van der Waals surface area contributed by atoms with Crippen LogP contribution in [0.15, 0.2) is 12.1 Å². The average Bonchev–Trinajstić information content (AvgIpc) is 2.05. The predicted octanol–water partition coefficient (Wildman–Crippen LogP) is 0.878. The summed E-state index contributed by atoms with van der Waals surface area (Å²) in [5.41, 5.74) is 6.31. The van der Waals surface area contributed by atoms with Crippen LogP contribution in [0.25, 0.3) is 0 Å². The van der Waals surface area contributed by atoms with E-state index in [0.29, 0.717) is 0 Å². The molecule has 6 heteroatoms. The van der Waals surface area contributed by atoms with Gasteiger partial charge in [0.25, 0.3) is 0 Å². The van der Waals surface area contributed by atoms with Gasteiger partial charge >= 0.3 is 11.9 Å². The summed E-state index contributed by atoms with van der Waals surface area (Å²) < 4.78 is 0. The molecule has 2 atom stereocenters. The minimum Gasteiger partial charge on any atom is -0.481 e. The SMILES string of the molecule is C=CCl.CC(C[C@H](N)C(=O)O)C(=O)O. The number of rotatable bonds is 4. The molecule has 0 aromatic rings. The Morgan fingerprint density at radius 1 is 1.50 bits per heavy atom. The average molecular weight is 224 g/mol. The molecule has 0 radical (unpaired) electrons. The number of carbonyl (C=O) groups is 2. The Labute approximate surface area is 87.2 Å². The van der Waals surface area contributed by atoms with Gasteiger partial charge in [0.1, 0.15) is 6.04 Å². The van der Waals surface area contributed by atoms with Crippen molar-refractivity contribution in [2.45, 2.75) is 19.4 Å². The predicted molar refractivity (Wildman–Crippen MR) is 53.1 cm³/mol. The third-order valence-corrected chi connectivity index (χ3v) is 1.35. The molecule has 0 bridgehead atoms. The van der Waals surface area contributed by atoms with E-state index >= 15 is 0 Å². The van der Waals surface area contributed by atoms with Crippen LogP contribution in [0.1, 0.15) is 13.3 Å². The lowest BCUT2D eigenvalue weighted by Gasteiger charge is -2.08. The number of hydrogen-bond donors (Lipinski definition) is 3. The monoisotopic (exact) mass is 223 g/mol. The van der Waals surface area contributed by atoms with E-state index in [2.05, 4.69) is 6.58 Å². The maximum Gasteiger partial charge on any atom is 0.320 e. The molecule has 0 aromatic carbocycles. The Hall–Kier alpha value is -1.07. The van der Waals surface area contributed by atoms with Crippen LogP contribution >= 0.6 is 11.6 Å². The van der Waals surface area contributed by atoms with Crippen LogP contribution in [0.5, 0.6) is 0 Å². The summed E-state index contributed by atoms with van der Waals surface area (Å²) in [5, 5.41) is 16.7. The summed E-state index contributed by atoms with van der Waals surface area (Å²) >= 11 is 4.76. The lowest BCUT2D eigenvalue weighted by atomic mass is 10.0. The smallest absolute Gasteiger partial charge is 0.320 e. The maximum atomic E-state index is 10.2. The quantitative estimate of drug-likeness (QED) is 0.657. The number of aliphatic carboxylic acids is 2.